The number of furan rings is 1. The van der Waals surface area contributed by atoms with Gasteiger partial charge in [-0.2, -0.15) is 0 Å². The SMILES string of the molecule is CCOC(=O)C1=C(C)N=c2sc(=Cc3ccc(-c4ccc(C)cc4[N+](=O)[O-])o3)c(=O)n2C1c1cc(OC)ccc1OC. The Morgan fingerprint density at radius 2 is 1.93 bits per heavy atom. The molecular formula is C30H27N3O8S. The van der Waals surface area contributed by atoms with Crippen molar-refractivity contribution < 1.29 is 28.3 Å². The molecule has 0 saturated heterocycles. The van der Waals surface area contributed by atoms with Crippen LogP contribution in [0, 0.1) is 17.0 Å². The Kier molecular flexibility index (Phi) is 7.81. The van der Waals surface area contributed by atoms with Crippen LogP contribution in [0.15, 0.2) is 74.0 Å². The molecule has 42 heavy (non-hydrogen) atoms. The van der Waals surface area contributed by atoms with Gasteiger partial charge in [0.2, 0.25) is 0 Å². The van der Waals surface area contributed by atoms with Gasteiger partial charge in [0.1, 0.15) is 29.1 Å². The van der Waals surface area contributed by atoms with Crippen molar-refractivity contribution in [3.05, 3.63) is 106 Å². The van der Waals surface area contributed by atoms with Crippen LogP contribution in [0.4, 0.5) is 5.69 Å². The van der Waals surface area contributed by atoms with E-state index in [0.29, 0.717) is 44.6 Å². The van der Waals surface area contributed by atoms with E-state index in [4.69, 9.17) is 18.6 Å². The van der Waals surface area contributed by atoms with Crippen molar-refractivity contribution >= 4 is 29.1 Å². The average Bonchev–Trinajstić information content (AvgIpc) is 3.55. The molecule has 0 spiro atoms. The number of carbonyl (C=O) groups excluding carboxylic acids is 1. The topological polar surface area (TPSA) is 135 Å². The Labute approximate surface area is 243 Å². The zero-order chi connectivity index (χ0) is 30.1. The lowest BCUT2D eigenvalue weighted by molar-refractivity contribution is -0.384. The molecule has 2 aromatic heterocycles. The fraction of sp³-hybridized carbons (Fsp3) is 0.233. The van der Waals surface area contributed by atoms with E-state index in [1.165, 1.54) is 24.9 Å². The lowest BCUT2D eigenvalue weighted by Crippen LogP contribution is -2.40. The summed E-state index contributed by atoms with van der Waals surface area (Å²) in [5.74, 6) is 0.974. The fourth-order valence-corrected chi connectivity index (χ4v) is 5.87. The van der Waals surface area contributed by atoms with Gasteiger partial charge < -0.3 is 18.6 Å². The fourth-order valence-electron chi connectivity index (χ4n) is 4.84. The number of carbonyl (C=O) groups is 1. The van der Waals surface area contributed by atoms with Gasteiger partial charge in [-0.3, -0.25) is 19.5 Å². The molecule has 1 unspecified atom stereocenters. The Hall–Kier alpha value is -4.97. The highest BCUT2D eigenvalue weighted by Gasteiger charge is 2.35. The van der Waals surface area contributed by atoms with Gasteiger partial charge in [-0.15, -0.1) is 0 Å². The minimum Gasteiger partial charge on any atom is -0.497 e. The number of rotatable bonds is 8. The highest BCUT2D eigenvalue weighted by molar-refractivity contribution is 7.07. The normalized spacial score (nSPS) is 14.8. The Bertz CT molecular complexity index is 1930. The second-order valence-corrected chi connectivity index (χ2v) is 10.4. The molecule has 0 amide bonds. The molecule has 1 atom stereocenters. The molecule has 1 aliphatic rings. The lowest BCUT2D eigenvalue weighted by Gasteiger charge is -2.26. The zero-order valence-corrected chi connectivity index (χ0v) is 24.3. The Morgan fingerprint density at radius 3 is 2.62 bits per heavy atom. The van der Waals surface area contributed by atoms with E-state index in [1.54, 1.807) is 69.3 Å². The summed E-state index contributed by atoms with van der Waals surface area (Å²) in [7, 11) is 3.02. The Morgan fingerprint density at radius 1 is 1.14 bits per heavy atom. The van der Waals surface area contributed by atoms with Gasteiger partial charge >= 0.3 is 5.97 Å². The number of hydrogen-bond acceptors (Lipinski definition) is 10. The van der Waals surface area contributed by atoms with Crippen LogP contribution in [0.5, 0.6) is 11.5 Å². The molecule has 0 radical (unpaired) electrons. The molecular weight excluding hydrogens is 562 g/mol. The number of aromatic nitrogens is 1. The standard InChI is InChI=1S/C30H27N3O8S/c1-6-40-29(35)26-17(3)31-30-32(27(26)21-14-18(38-4)8-11-23(21)39-5)28(34)25(42-30)15-19-9-12-24(41-19)20-10-7-16(2)13-22(20)33(36)37/h7-15,27H,6H2,1-5H3. The summed E-state index contributed by atoms with van der Waals surface area (Å²) in [5, 5.41) is 11.6. The smallest absolute Gasteiger partial charge is 0.338 e. The minimum atomic E-state index is -0.908. The van der Waals surface area contributed by atoms with Crippen molar-refractivity contribution in [2.45, 2.75) is 26.8 Å². The van der Waals surface area contributed by atoms with Gasteiger partial charge in [-0.05, 0) is 62.7 Å². The molecule has 0 fully saturated rings. The molecule has 0 aliphatic carbocycles. The van der Waals surface area contributed by atoms with Gasteiger partial charge in [0.05, 0.1) is 47.1 Å². The van der Waals surface area contributed by atoms with Crippen molar-refractivity contribution in [1.29, 1.82) is 0 Å². The van der Waals surface area contributed by atoms with Crippen molar-refractivity contribution in [3.63, 3.8) is 0 Å². The van der Waals surface area contributed by atoms with E-state index in [9.17, 15) is 19.7 Å². The van der Waals surface area contributed by atoms with E-state index in [0.717, 1.165) is 16.9 Å². The van der Waals surface area contributed by atoms with Crippen LogP contribution in [0.3, 0.4) is 0 Å². The van der Waals surface area contributed by atoms with E-state index >= 15 is 0 Å². The maximum Gasteiger partial charge on any atom is 0.338 e. The van der Waals surface area contributed by atoms with E-state index in [-0.39, 0.29) is 22.4 Å². The summed E-state index contributed by atoms with van der Waals surface area (Å²) in [6.07, 6.45) is 1.55. The molecule has 1 aliphatic heterocycles. The number of nitrogens with zero attached hydrogens (tertiary/aromatic N) is 3. The van der Waals surface area contributed by atoms with Crippen molar-refractivity contribution in [1.82, 2.24) is 4.57 Å². The van der Waals surface area contributed by atoms with E-state index in [1.807, 2.05) is 0 Å². The number of thiazole rings is 1. The number of hydrogen-bond donors (Lipinski definition) is 0. The Balaban J connectivity index is 1.68. The first-order chi connectivity index (χ1) is 20.2. The number of allylic oxidation sites excluding steroid dienone is 1. The van der Waals surface area contributed by atoms with Gasteiger partial charge in [0.25, 0.3) is 11.2 Å². The maximum absolute atomic E-state index is 14.0. The number of aryl methyl sites for hydroxylation is 1. The van der Waals surface area contributed by atoms with Crippen LogP contribution in [-0.4, -0.2) is 36.3 Å². The average molecular weight is 590 g/mol. The third-order valence-corrected chi connectivity index (χ3v) is 7.75. The van der Waals surface area contributed by atoms with E-state index in [2.05, 4.69) is 4.99 Å². The molecule has 0 bridgehead atoms. The molecule has 4 aromatic rings. The predicted octanol–water partition coefficient (Wildman–Crippen LogP) is 4.29. The van der Waals surface area contributed by atoms with Crippen LogP contribution < -0.4 is 24.4 Å². The zero-order valence-electron chi connectivity index (χ0n) is 23.5. The second kappa shape index (κ2) is 11.5. The summed E-state index contributed by atoms with van der Waals surface area (Å²) in [5.41, 5.74) is 1.71. The summed E-state index contributed by atoms with van der Waals surface area (Å²) < 4.78 is 24.1. The third-order valence-electron chi connectivity index (χ3n) is 6.76. The van der Waals surface area contributed by atoms with Crippen molar-refractivity contribution in [3.8, 4) is 22.8 Å². The molecule has 0 saturated carbocycles. The summed E-state index contributed by atoms with van der Waals surface area (Å²) in [4.78, 5) is 43.3. The molecule has 11 nitrogen and oxygen atoms in total. The van der Waals surface area contributed by atoms with Crippen LogP contribution >= 0.6 is 11.3 Å². The molecule has 2 aromatic carbocycles. The molecule has 3 heterocycles. The molecule has 12 heteroatoms. The number of benzene rings is 2. The quantitative estimate of drug-likeness (QED) is 0.169. The largest absolute Gasteiger partial charge is 0.497 e. The summed E-state index contributed by atoms with van der Waals surface area (Å²) in [6, 6.07) is 12.4. The summed E-state index contributed by atoms with van der Waals surface area (Å²) >= 11 is 1.13. The monoisotopic (exact) mass is 589 g/mol. The predicted molar refractivity (Wildman–Crippen MR) is 155 cm³/mol. The van der Waals surface area contributed by atoms with Crippen LogP contribution in [0.1, 0.15) is 36.8 Å². The molecule has 0 N–H and O–H groups in total. The molecule has 5 rings (SSSR count). The first-order valence-corrected chi connectivity index (χ1v) is 13.7. The van der Waals surface area contributed by atoms with Gasteiger partial charge in [0, 0.05) is 17.7 Å². The number of esters is 1. The first kappa shape index (κ1) is 28.6. The lowest BCUT2D eigenvalue weighted by atomic mass is 9.95. The van der Waals surface area contributed by atoms with Crippen molar-refractivity contribution in [2.24, 2.45) is 4.99 Å². The molecule has 216 valence electrons. The highest BCUT2D eigenvalue weighted by atomic mass is 32.1. The number of fused-ring (bicyclic) bond motifs is 1. The number of ether oxygens (including phenoxy) is 3. The van der Waals surface area contributed by atoms with E-state index < -0.39 is 22.5 Å². The van der Waals surface area contributed by atoms with Crippen molar-refractivity contribution in [2.75, 3.05) is 20.8 Å². The van der Waals surface area contributed by atoms with Gasteiger partial charge in [-0.1, -0.05) is 17.4 Å². The van der Waals surface area contributed by atoms with Crippen LogP contribution in [0.25, 0.3) is 17.4 Å². The minimum absolute atomic E-state index is 0.0792. The number of methoxy groups -OCH3 is 2. The van der Waals surface area contributed by atoms with Crippen LogP contribution in [-0.2, 0) is 9.53 Å². The number of nitro benzene ring substituents is 1. The number of nitro groups is 1. The van der Waals surface area contributed by atoms with Gasteiger partial charge in [-0.25, -0.2) is 9.79 Å². The van der Waals surface area contributed by atoms with Crippen LogP contribution in [0.2, 0.25) is 0 Å². The third kappa shape index (κ3) is 5.12. The maximum atomic E-state index is 14.0. The highest BCUT2D eigenvalue weighted by Crippen LogP contribution is 2.38. The second-order valence-electron chi connectivity index (χ2n) is 9.39. The van der Waals surface area contributed by atoms with Gasteiger partial charge in [0.15, 0.2) is 4.80 Å². The first-order valence-electron chi connectivity index (χ1n) is 12.9. The summed E-state index contributed by atoms with van der Waals surface area (Å²) in [6.45, 7) is 5.30.